The van der Waals surface area contributed by atoms with Gasteiger partial charge in [-0.15, -0.1) is 0 Å². The predicted octanol–water partition coefficient (Wildman–Crippen LogP) is 6.08. The molecule has 0 amide bonds. The third-order valence-corrected chi connectivity index (χ3v) is 6.87. The molecule has 2 N–H and O–H groups in total. The van der Waals surface area contributed by atoms with Crippen molar-refractivity contribution in [3.05, 3.63) is 82.4 Å². The Morgan fingerprint density at radius 1 is 1.16 bits per heavy atom. The van der Waals surface area contributed by atoms with Crippen LogP contribution in [-0.2, 0) is 14.9 Å². The highest BCUT2D eigenvalue weighted by Gasteiger charge is 2.51. The molecule has 0 radical (unpaired) electrons. The number of anilines is 1. The average Bonchev–Trinajstić information content (AvgIpc) is 3.06. The molecule has 0 bridgehead atoms. The second-order valence-corrected chi connectivity index (χ2v) is 8.79. The number of rotatable bonds is 7. The molecule has 1 fully saturated rings. The normalized spacial score (nSPS) is 24.9. The van der Waals surface area contributed by atoms with Crippen LogP contribution in [0.4, 0.5) is 5.69 Å². The molecule has 2 aliphatic rings. The lowest BCUT2D eigenvalue weighted by Gasteiger charge is -2.45. The number of allylic oxidation sites excluding steroid dienone is 2. The molecule has 4 nitrogen and oxygen atoms in total. The Kier molecular flexibility index (Phi) is 6.22. The lowest BCUT2D eigenvalue weighted by molar-refractivity contribution is -0.143. The van der Waals surface area contributed by atoms with Crippen LogP contribution in [0.25, 0.3) is 6.08 Å². The van der Waals surface area contributed by atoms with Crippen LogP contribution in [0, 0.1) is 0 Å². The predicted molar refractivity (Wildman–Crippen MR) is 126 cm³/mol. The molecule has 1 saturated carbocycles. The van der Waals surface area contributed by atoms with Crippen molar-refractivity contribution < 1.29 is 14.6 Å². The van der Waals surface area contributed by atoms with Crippen molar-refractivity contribution in [2.45, 2.75) is 43.6 Å². The number of halogens is 1. The number of carboxylic acid groups (broad SMARTS) is 1. The SMILES string of the molecule is CCOC/C=C/C1=Cc2ccccc2C12CCC(Nc1cccc(Cl)c1)(C(=O)O)CC2. The van der Waals surface area contributed by atoms with Gasteiger partial charge in [-0.3, -0.25) is 0 Å². The van der Waals surface area contributed by atoms with Gasteiger partial charge in [0.15, 0.2) is 0 Å². The molecule has 2 aliphatic carbocycles. The summed E-state index contributed by atoms with van der Waals surface area (Å²) in [6, 6.07) is 15.7. The zero-order valence-electron chi connectivity index (χ0n) is 17.7. The van der Waals surface area contributed by atoms with E-state index in [1.54, 1.807) is 12.1 Å². The number of ether oxygens (including phenoxy) is 1. The molecule has 4 rings (SSSR count). The molecule has 0 saturated heterocycles. The van der Waals surface area contributed by atoms with Gasteiger partial charge >= 0.3 is 5.97 Å². The van der Waals surface area contributed by atoms with Crippen molar-refractivity contribution in [3.8, 4) is 0 Å². The molecule has 0 unspecified atom stereocenters. The number of hydrogen-bond acceptors (Lipinski definition) is 3. The van der Waals surface area contributed by atoms with Crippen molar-refractivity contribution in [1.82, 2.24) is 0 Å². The summed E-state index contributed by atoms with van der Waals surface area (Å²) in [5.41, 5.74) is 3.35. The number of aliphatic carboxylic acids is 1. The van der Waals surface area contributed by atoms with Crippen LogP contribution in [0.1, 0.15) is 43.7 Å². The number of fused-ring (bicyclic) bond motifs is 2. The van der Waals surface area contributed by atoms with Crippen molar-refractivity contribution >= 4 is 29.3 Å². The van der Waals surface area contributed by atoms with Gasteiger partial charge in [0.05, 0.1) is 6.61 Å². The Bertz CT molecular complexity index is 1020. The number of carbonyl (C=O) groups is 1. The van der Waals surface area contributed by atoms with Crippen molar-refractivity contribution in [2.75, 3.05) is 18.5 Å². The average molecular weight is 438 g/mol. The first-order chi connectivity index (χ1) is 15.0. The summed E-state index contributed by atoms with van der Waals surface area (Å²) in [7, 11) is 0. The second kappa shape index (κ2) is 8.89. The fourth-order valence-corrected chi connectivity index (χ4v) is 5.18. The van der Waals surface area contributed by atoms with Crippen LogP contribution in [0.15, 0.2) is 66.3 Å². The lowest BCUT2D eigenvalue weighted by Crippen LogP contribution is -2.52. The summed E-state index contributed by atoms with van der Waals surface area (Å²) in [5.74, 6) is -0.814. The van der Waals surface area contributed by atoms with E-state index in [0.717, 1.165) is 18.5 Å². The maximum Gasteiger partial charge on any atom is 0.329 e. The van der Waals surface area contributed by atoms with Crippen LogP contribution < -0.4 is 5.32 Å². The highest BCUT2D eigenvalue weighted by atomic mass is 35.5. The molecule has 0 aromatic heterocycles. The molecular formula is C26H28ClNO3. The van der Waals surface area contributed by atoms with Gasteiger partial charge in [-0.05, 0) is 67.5 Å². The molecule has 2 aromatic carbocycles. The Morgan fingerprint density at radius 2 is 1.94 bits per heavy atom. The monoisotopic (exact) mass is 437 g/mol. The highest BCUT2D eigenvalue weighted by Crippen LogP contribution is 2.53. The Hall–Kier alpha value is -2.56. The van der Waals surface area contributed by atoms with Crippen LogP contribution in [-0.4, -0.2) is 29.8 Å². The number of carboxylic acids is 1. The van der Waals surface area contributed by atoms with Gasteiger partial charge in [0.25, 0.3) is 0 Å². The highest BCUT2D eigenvalue weighted by molar-refractivity contribution is 6.30. The lowest BCUT2D eigenvalue weighted by atomic mass is 9.62. The number of nitrogens with one attached hydrogen (secondary N) is 1. The summed E-state index contributed by atoms with van der Waals surface area (Å²) in [4.78, 5) is 12.4. The van der Waals surface area contributed by atoms with E-state index in [4.69, 9.17) is 16.3 Å². The van der Waals surface area contributed by atoms with E-state index >= 15 is 0 Å². The van der Waals surface area contributed by atoms with E-state index in [1.807, 2.05) is 19.1 Å². The maximum atomic E-state index is 12.4. The minimum Gasteiger partial charge on any atom is -0.480 e. The van der Waals surface area contributed by atoms with E-state index < -0.39 is 11.5 Å². The van der Waals surface area contributed by atoms with E-state index in [-0.39, 0.29) is 5.41 Å². The first-order valence-corrected chi connectivity index (χ1v) is 11.2. The minimum atomic E-state index is -1.01. The summed E-state index contributed by atoms with van der Waals surface area (Å²) in [6.45, 7) is 3.25. The van der Waals surface area contributed by atoms with E-state index in [1.165, 1.54) is 16.7 Å². The Labute approximate surface area is 188 Å². The Morgan fingerprint density at radius 3 is 2.65 bits per heavy atom. The Balaban J connectivity index is 1.62. The van der Waals surface area contributed by atoms with Crippen LogP contribution in [0.5, 0.6) is 0 Å². The third-order valence-electron chi connectivity index (χ3n) is 6.63. The molecule has 31 heavy (non-hydrogen) atoms. The van der Waals surface area contributed by atoms with Gasteiger partial charge in [-0.1, -0.05) is 60.2 Å². The summed E-state index contributed by atoms with van der Waals surface area (Å²) in [6.07, 6.45) is 9.04. The summed E-state index contributed by atoms with van der Waals surface area (Å²) < 4.78 is 5.47. The third kappa shape index (κ3) is 4.15. The largest absolute Gasteiger partial charge is 0.480 e. The smallest absolute Gasteiger partial charge is 0.329 e. The molecular weight excluding hydrogens is 410 g/mol. The second-order valence-electron chi connectivity index (χ2n) is 8.35. The molecule has 0 atom stereocenters. The number of benzene rings is 2. The fraction of sp³-hybridized carbons (Fsp3) is 0.346. The quantitative estimate of drug-likeness (QED) is 0.515. The van der Waals surface area contributed by atoms with Crippen LogP contribution >= 0.6 is 11.6 Å². The summed E-state index contributed by atoms with van der Waals surface area (Å²) in [5, 5.41) is 14.1. The van der Waals surface area contributed by atoms with Gasteiger partial charge in [0.1, 0.15) is 5.54 Å². The number of hydrogen-bond donors (Lipinski definition) is 2. The van der Waals surface area contributed by atoms with E-state index in [9.17, 15) is 9.90 Å². The van der Waals surface area contributed by atoms with Crippen LogP contribution in [0.2, 0.25) is 5.02 Å². The van der Waals surface area contributed by atoms with Gasteiger partial charge < -0.3 is 15.2 Å². The van der Waals surface area contributed by atoms with Gasteiger partial charge in [-0.2, -0.15) is 0 Å². The van der Waals surface area contributed by atoms with Gasteiger partial charge in [0.2, 0.25) is 0 Å². The van der Waals surface area contributed by atoms with E-state index in [2.05, 4.69) is 47.8 Å². The standard InChI is InChI=1S/C26H28ClNO3/c1-2-31-16-6-8-20-17-19-7-3-4-11-23(19)25(20)12-14-26(15-13-25,24(29)30)28-22-10-5-9-21(27)18-22/h3-11,17-18,28H,2,12-16H2,1H3,(H,29,30)/b8-6+. The van der Waals surface area contributed by atoms with Gasteiger partial charge in [-0.25, -0.2) is 4.79 Å². The van der Waals surface area contributed by atoms with Crippen molar-refractivity contribution in [2.24, 2.45) is 0 Å². The fourth-order valence-electron chi connectivity index (χ4n) is 4.98. The molecule has 2 aromatic rings. The van der Waals surface area contributed by atoms with Gasteiger partial charge in [0, 0.05) is 22.7 Å². The zero-order chi connectivity index (χ0) is 21.9. The minimum absolute atomic E-state index is 0.158. The molecule has 162 valence electrons. The first-order valence-electron chi connectivity index (χ1n) is 10.8. The van der Waals surface area contributed by atoms with Crippen molar-refractivity contribution in [1.29, 1.82) is 0 Å². The zero-order valence-corrected chi connectivity index (χ0v) is 18.5. The maximum absolute atomic E-state index is 12.4. The molecule has 5 heteroatoms. The molecule has 1 spiro atoms. The van der Waals surface area contributed by atoms with E-state index in [0.29, 0.717) is 31.1 Å². The molecule has 0 heterocycles. The summed E-state index contributed by atoms with van der Waals surface area (Å²) >= 11 is 6.12. The topological polar surface area (TPSA) is 58.6 Å². The molecule has 0 aliphatic heterocycles. The first kappa shape index (κ1) is 21.7. The van der Waals surface area contributed by atoms with Crippen molar-refractivity contribution in [3.63, 3.8) is 0 Å². The van der Waals surface area contributed by atoms with Crippen LogP contribution in [0.3, 0.4) is 0 Å².